The standard InChI is InChI=1S/C17H34N2/c1-14(2)8-6-4-5-7-11-19-16-9-10-17(19)13-15(12-16)18-3/h14-18H,4-13H2,1-3H3. The van der Waals surface area contributed by atoms with Crippen molar-refractivity contribution in [2.24, 2.45) is 5.92 Å². The molecule has 2 saturated heterocycles. The molecule has 2 rings (SSSR count). The molecule has 112 valence electrons. The second-order valence-corrected chi connectivity index (χ2v) is 7.18. The lowest BCUT2D eigenvalue weighted by Crippen LogP contribution is -2.48. The van der Waals surface area contributed by atoms with Crippen LogP contribution >= 0.6 is 0 Å². The summed E-state index contributed by atoms with van der Waals surface area (Å²) in [5.41, 5.74) is 0. The molecule has 0 aliphatic carbocycles. The zero-order valence-electron chi connectivity index (χ0n) is 13.3. The Bertz CT molecular complexity index is 238. The van der Waals surface area contributed by atoms with Gasteiger partial charge in [-0.3, -0.25) is 4.90 Å². The zero-order chi connectivity index (χ0) is 13.7. The molecule has 2 atom stereocenters. The van der Waals surface area contributed by atoms with Gasteiger partial charge in [-0.25, -0.2) is 0 Å². The minimum Gasteiger partial charge on any atom is -0.317 e. The van der Waals surface area contributed by atoms with Crippen LogP contribution in [-0.2, 0) is 0 Å². The number of nitrogens with zero attached hydrogens (tertiary/aromatic N) is 1. The van der Waals surface area contributed by atoms with E-state index in [0.29, 0.717) is 0 Å². The molecule has 1 N–H and O–H groups in total. The van der Waals surface area contributed by atoms with Crippen LogP contribution in [0.4, 0.5) is 0 Å². The van der Waals surface area contributed by atoms with Crippen molar-refractivity contribution in [1.29, 1.82) is 0 Å². The predicted molar refractivity (Wildman–Crippen MR) is 83.5 cm³/mol. The van der Waals surface area contributed by atoms with Crippen molar-refractivity contribution < 1.29 is 0 Å². The first-order valence-electron chi connectivity index (χ1n) is 8.63. The van der Waals surface area contributed by atoms with Crippen LogP contribution in [0, 0.1) is 5.92 Å². The van der Waals surface area contributed by atoms with E-state index in [2.05, 4.69) is 31.1 Å². The number of hydrogen-bond donors (Lipinski definition) is 1. The monoisotopic (exact) mass is 266 g/mol. The number of hydrogen-bond acceptors (Lipinski definition) is 2. The van der Waals surface area contributed by atoms with Gasteiger partial charge in [0.25, 0.3) is 0 Å². The molecule has 2 aliphatic heterocycles. The quantitative estimate of drug-likeness (QED) is 0.672. The maximum atomic E-state index is 3.49. The minimum absolute atomic E-state index is 0.791. The summed E-state index contributed by atoms with van der Waals surface area (Å²) in [6.45, 7) is 6.04. The number of unbranched alkanes of at least 4 members (excludes halogenated alkanes) is 3. The molecule has 0 saturated carbocycles. The van der Waals surface area contributed by atoms with Gasteiger partial charge in [-0.2, -0.15) is 0 Å². The molecular weight excluding hydrogens is 232 g/mol. The van der Waals surface area contributed by atoms with Gasteiger partial charge >= 0.3 is 0 Å². The molecule has 2 fully saturated rings. The Morgan fingerprint density at radius 3 is 2.21 bits per heavy atom. The normalized spacial score (nSPS) is 31.3. The van der Waals surface area contributed by atoms with E-state index in [9.17, 15) is 0 Å². The Morgan fingerprint density at radius 1 is 1.00 bits per heavy atom. The van der Waals surface area contributed by atoms with E-state index in [1.807, 2.05) is 0 Å². The first-order chi connectivity index (χ1) is 9.20. The molecule has 0 amide bonds. The van der Waals surface area contributed by atoms with Crippen molar-refractivity contribution in [2.75, 3.05) is 13.6 Å². The van der Waals surface area contributed by atoms with E-state index >= 15 is 0 Å². The van der Waals surface area contributed by atoms with Crippen molar-refractivity contribution >= 4 is 0 Å². The molecule has 2 nitrogen and oxygen atoms in total. The van der Waals surface area contributed by atoms with E-state index in [1.165, 1.54) is 64.3 Å². The molecule has 2 heteroatoms. The van der Waals surface area contributed by atoms with Gasteiger partial charge in [0.2, 0.25) is 0 Å². The molecule has 0 aromatic heterocycles. The fourth-order valence-corrected chi connectivity index (χ4v) is 4.08. The summed E-state index contributed by atoms with van der Waals surface area (Å²) in [6, 6.07) is 2.58. The first kappa shape index (κ1) is 15.3. The number of rotatable bonds is 8. The lowest BCUT2D eigenvalue weighted by Gasteiger charge is -2.39. The van der Waals surface area contributed by atoms with Crippen LogP contribution in [0.3, 0.4) is 0 Å². The molecule has 2 aliphatic rings. The Kier molecular flexibility index (Phi) is 6.15. The lowest BCUT2D eigenvalue weighted by molar-refractivity contribution is 0.117. The summed E-state index contributed by atoms with van der Waals surface area (Å²) >= 11 is 0. The van der Waals surface area contributed by atoms with E-state index in [4.69, 9.17) is 0 Å². The minimum atomic E-state index is 0.791. The predicted octanol–water partition coefficient (Wildman–Crippen LogP) is 3.81. The van der Waals surface area contributed by atoms with Gasteiger partial charge in [-0.05, 0) is 51.6 Å². The summed E-state index contributed by atoms with van der Waals surface area (Å²) in [7, 11) is 2.13. The SMILES string of the molecule is CNC1CC2CCC(C1)N2CCCCCCC(C)C. The average Bonchev–Trinajstić information content (AvgIpc) is 2.62. The van der Waals surface area contributed by atoms with Gasteiger partial charge in [-0.1, -0.05) is 39.5 Å². The highest BCUT2D eigenvalue weighted by molar-refractivity contribution is 4.96. The Labute approximate surface area is 120 Å². The summed E-state index contributed by atoms with van der Waals surface area (Å²) in [4.78, 5) is 2.84. The van der Waals surface area contributed by atoms with Gasteiger partial charge in [0.1, 0.15) is 0 Å². The molecule has 0 radical (unpaired) electrons. The number of piperidine rings is 1. The van der Waals surface area contributed by atoms with Gasteiger partial charge in [0.15, 0.2) is 0 Å². The van der Waals surface area contributed by atoms with Crippen LogP contribution in [0.5, 0.6) is 0 Å². The van der Waals surface area contributed by atoms with E-state index in [0.717, 1.165) is 24.0 Å². The third-order valence-corrected chi connectivity index (χ3v) is 5.24. The molecule has 2 heterocycles. The average molecular weight is 266 g/mol. The van der Waals surface area contributed by atoms with Crippen molar-refractivity contribution in [3.05, 3.63) is 0 Å². The highest BCUT2D eigenvalue weighted by atomic mass is 15.2. The Morgan fingerprint density at radius 2 is 1.63 bits per heavy atom. The van der Waals surface area contributed by atoms with Crippen molar-refractivity contribution in [3.63, 3.8) is 0 Å². The largest absolute Gasteiger partial charge is 0.317 e. The molecule has 0 aromatic carbocycles. The fourth-order valence-electron chi connectivity index (χ4n) is 4.08. The first-order valence-corrected chi connectivity index (χ1v) is 8.63. The smallest absolute Gasteiger partial charge is 0.0114 e. The number of nitrogens with one attached hydrogen (secondary N) is 1. The maximum absolute atomic E-state index is 3.49. The van der Waals surface area contributed by atoms with E-state index < -0.39 is 0 Å². The molecule has 0 aromatic rings. The van der Waals surface area contributed by atoms with Gasteiger partial charge in [-0.15, -0.1) is 0 Å². The highest BCUT2D eigenvalue weighted by Gasteiger charge is 2.39. The fraction of sp³-hybridized carbons (Fsp3) is 1.00. The summed E-state index contributed by atoms with van der Waals surface area (Å²) < 4.78 is 0. The third-order valence-electron chi connectivity index (χ3n) is 5.24. The van der Waals surface area contributed by atoms with Crippen LogP contribution in [0.25, 0.3) is 0 Å². The Hall–Kier alpha value is -0.0800. The van der Waals surface area contributed by atoms with Crippen LogP contribution in [-0.4, -0.2) is 36.6 Å². The lowest BCUT2D eigenvalue weighted by atomic mass is 9.97. The third kappa shape index (κ3) is 4.46. The van der Waals surface area contributed by atoms with Gasteiger partial charge < -0.3 is 5.32 Å². The molecule has 0 spiro atoms. The second kappa shape index (κ2) is 7.64. The summed E-state index contributed by atoms with van der Waals surface area (Å²) in [5, 5.41) is 3.49. The molecular formula is C17H34N2. The summed E-state index contributed by atoms with van der Waals surface area (Å²) in [5.74, 6) is 0.886. The van der Waals surface area contributed by atoms with Gasteiger partial charge in [0.05, 0.1) is 0 Å². The van der Waals surface area contributed by atoms with Crippen molar-refractivity contribution in [2.45, 2.75) is 89.8 Å². The van der Waals surface area contributed by atoms with Crippen LogP contribution in [0.2, 0.25) is 0 Å². The van der Waals surface area contributed by atoms with E-state index in [1.54, 1.807) is 0 Å². The topological polar surface area (TPSA) is 15.3 Å². The van der Waals surface area contributed by atoms with Crippen molar-refractivity contribution in [3.8, 4) is 0 Å². The Balaban J connectivity index is 1.59. The zero-order valence-corrected chi connectivity index (χ0v) is 13.3. The highest BCUT2D eigenvalue weighted by Crippen LogP contribution is 2.35. The molecule has 2 bridgehead atoms. The number of fused-ring (bicyclic) bond motifs is 2. The van der Waals surface area contributed by atoms with Crippen LogP contribution in [0.1, 0.15) is 71.6 Å². The molecule has 2 unspecified atom stereocenters. The van der Waals surface area contributed by atoms with Crippen LogP contribution in [0.15, 0.2) is 0 Å². The van der Waals surface area contributed by atoms with Crippen molar-refractivity contribution in [1.82, 2.24) is 10.2 Å². The van der Waals surface area contributed by atoms with Gasteiger partial charge in [0, 0.05) is 18.1 Å². The van der Waals surface area contributed by atoms with E-state index in [-0.39, 0.29) is 0 Å². The second-order valence-electron chi connectivity index (χ2n) is 7.18. The summed E-state index contributed by atoms with van der Waals surface area (Å²) in [6.07, 6.45) is 12.9. The maximum Gasteiger partial charge on any atom is 0.0114 e. The molecule has 19 heavy (non-hydrogen) atoms. The van der Waals surface area contributed by atoms with Crippen LogP contribution < -0.4 is 5.32 Å².